The van der Waals surface area contributed by atoms with Crippen LogP contribution in [-0.2, 0) is 11.2 Å². The van der Waals surface area contributed by atoms with Gasteiger partial charge in [0.2, 0.25) is 5.12 Å². The fraction of sp³-hybridized carbons (Fsp3) is 0.120. The Morgan fingerprint density at radius 1 is 0.833 bits per heavy atom. The van der Waals surface area contributed by atoms with Gasteiger partial charge >= 0.3 is 0 Å². The second-order valence-electron chi connectivity index (χ2n) is 7.41. The molecule has 0 radical (unpaired) electrons. The molecule has 0 spiro atoms. The Kier molecular flexibility index (Phi) is 4.89. The molecular formula is C25H20N2O2S. The molecular weight excluding hydrogens is 392 g/mol. The molecule has 0 saturated carbocycles. The van der Waals surface area contributed by atoms with E-state index in [1.807, 2.05) is 24.3 Å². The van der Waals surface area contributed by atoms with Crippen molar-refractivity contribution in [2.75, 3.05) is 0 Å². The molecule has 1 atom stereocenters. The van der Waals surface area contributed by atoms with Gasteiger partial charge in [-0.05, 0) is 28.8 Å². The zero-order valence-corrected chi connectivity index (χ0v) is 17.0. The van der Waals surface area contributed by atoms with Crippen LogP contribution in [0.25, 0.3) is 10.9 Å². The molecule has 0 aliphatic carbocycles. The van der Waals surface area contributed by atoms with Crippen LogP contribution >= 0.6 is 11.8 Å². The number of thioether (sulfide) groups is 1. The lowest BCUT2D eigenvalue weighted by molar-refractivity contribution is -0.112. The van der Waals surface area contributed by atoms with Crippen molar-refractivity contribution >= 4 is 33.0 Å². The van der Waals surface area contributed by atoms with E-state index in [0.29, 0.717) is 6.42 Å². The topological polar surface area (TPSA) is 51.1 Å². The van der Waals surface area contributed by atoms with Gasteiger partial charge in [-0.15, -0.1) is 0 Å². The number of nitrogens with zero attached hydrogens (tertiary/aromatic N) is 1. The van der Waals surface area contributed by atoms with Crippen molar-refractivity contribution in [2.45, 2.75) is 18.5 Å². The van der Waals surface area contributed by atoms with Crippen LogP contribution < -0.4 is 5.32 Å². The second-order valence-corrected chi connectivity index (χ2v) is 8.38. The minimum atomic E-state index is -0.463. The van der Waals surface area contributed by atoms with Gasteiger partial charge in [-0.2, -0.15) is 0 Å². The SMILES string of the molecule is O=C1NC(Cc2cccc3c2ccn3C(c2ccccc2)c2ccccc2)C(=O)S1. The number of aromatic nitrogens is 1. The van der Waals surface area contributed by atoms with Crippen LogP contribution in [0.15, 0.2) is 91.1 Å². The van der Waals surface area contributed by atoms with Gasteiger partial charge in [-0.3, -0.25) is 9.59 Å². The molecule has 1 aromatic heterocycles. The number of rotatable bonds is 5. The Morgan fingerprint density at radius 3 is 2.10 bits per heavy atom. The molecule has 5 heteroatoms. The monoisotopic (exact) mass is 412 g/mol. The summed E-state index contributed by atoms with van der Waals surface area (Å²) in [5, 5.41) is 3.50. The molecule has 1 fully saturated rings. The molecule has 1 N–H and O–H groups in total. The lowest BCUT2D eigenvalue weighted by Gasteiger charge is -2.22. The summed E-state index contributed by atoms with van der Waals surface area (Å²) in [6, 6.07) is 28.8. The maximum Gasteiger partial charge on any atom is 0.287 e. The van der Waals surface area contributed by atoms with E-state index in [9.17, 15) is 9.59 Å². The van der Waals surface area contributed by atoms with Crippen LogP contribution in [0.4, 0.5) is 4.79 Å². The van der Waals surface area contributed by atoms with Crippen LogP contribution in [0.2, 0.25) is 0 Å². The number of benzene rings is 3. The maximum absolute atomic E-state index is 12.1. The first-order valence-corrected chi connectivity index (χ1v) is 10.7. The molecule has 1 aliphatic rings. The highest BCUT2D eigenvalue weighted by molar-refractivity contribution is 8.26. The number of nitrogens with one attached hydrogen (secondary N) is 1. The van der Waals surface area contributed by atoms with E-state index in [1.54, 1.807) is 0 Å². The maximum atomic E-state index is 12.1. The first kappa shape index (κ1) is 18.7. The summed E-state index contributed by atoms with van der Waals surface area (Å²) in [5.74, 6) is 0. The molecule has 148 valence electrons. The smallest absolute Gasteiger partial charge is 0.287 e. The summed E-state index contributed by atoms with van der Waals surface area (Å²) in [5.41, 5.74) is 4.59. The van der Waals surface area contributed by atoms with Gasteiger partial charge in [0.1, 0.15) is 6.04 Å². The van der Waals surface area contributed by atoms with E-state index in [4.69, 9.17) is 0 Å². The number of hydrogen-bond acceptors (Lipinski definition) is 3. The minimum Gasteiger partial charge on any atom is -0.336 e. The van der Waals surface area contributed by atoms with Crippen LogP contribution in [-0.4, -0.2) is 21.0 Å². The van der Waals surface area contributed by atoms with Crippen molar-refractivity contribution in [3.8, 4) is 0 Å². The summed E-state index contributed by atoms with van der Waals surface area (Å²) in [6.45, 7) is 0. The summed E-state index contributed by atoms with van der Waals surface area (Å²) in [4.78, 5) is 23.6. The fourth-order valence-corrected chi connectivity index (χ4v) is 4.86. The molecule has 2 heterocycles. The van der Waals surface area contributed by atoms with E-state index in [2.05, 4.69) is 76.7 Å². The number of fused-ring (bicyclic) bond motifs is 1. The average Bonchev–Trinajstić information content (AvgIpc) is 3.33. The quantitative estimate of drug-likeness (QED) is 0.492. The molecule has 1 aliphatic heterocycles. The lowest BCUT2D eigenvalue weighted by Crippen LogP contribution is -2.30. The highest BCUT2D eigenvalue weighted by Gasteiger charge is 2.31. The van der Waals surface area contributed by atoms with E-state index in [-0.39, 0.29) is 16.4 Å². The Labute approximate surface area is 178 Å². The number of amides is 1. The van der Waals surface area contributed by atoms with Crippen LogP contribution in [0, 0.1) is 0 Å². The molecule has 5 rings (SSSR count). The zero-order chi connectivity index (χ0) is 20.5. The van der Waals surface area contributed by atoms with E-state index in [0.717, 1.165) is 28.2 Å². The van der Waals surface area contributed by atoms with Crippen molar-refractivity contribution in [1.82, 2.24) is 9.88 Å². The summed E-state index contributed by atoms with van der Waals surface area (Å²) in [7, 11) is 0. The van der Waals surface area contributed by atoms with Crippen LogP contribution in [0.5, 0.6) is 0 Å². The van der Waals surface area contributed by atoms with Gasteiger partial charge in [-0.1, -0.05) is 72.8 Å². The zero-order valence-electron chi connectivity index (χ0n) is 16.2. The standard InChI is InChI=1S/C25H20N2O2S/c28-24-21(26-25(29)30-24)16-19-12-7-13-22-20(19)14-15-27(22)23(17-8-3-1-4-9-17)18-10-5-2-6-11-18/h1-15,21,23H,16H2,(H,26,29). The lowest BCUT2D eigenvalue weighted by atomic mass is 9.98. The molecule has 3 aromatic carbocycles. The number of carbonyl (C=O) groups excluding carboxylic acids is 2. The number of hydrogen-bond donors (Lipinski definition) is 1. The van der Waals surface area contributed by atoms with Crippen LogP contribution in [0.3, 0.4) is 0 Å². The van der Waals surface area contributed by atoms with Crippen molar-refractivity contribution in [3.05, 3.63) is 108 Å². The van der Waals surface area contributed by atoms with Crippen molar-refractivity contribution in [2.24, 2.45) is 0 Å². The summed E-state index contributed by atoms with van der Waals surface area (Å²) < 4.78 is 2.29. The number of carbonyl (C=O) groups is 2. The van der Waals surface area contributed by atoms with E-state index >= 15 is 0 Å². The first-order chi connectivity index (χ1) is 14.7. The predicted molar refractivity (Wildman–Crippen MR) is 121 cm³/mol. The average molecular weight is 413 g/mol. The highest BCUT2D eigenvalue weighted by Crippen LogP contribution is 2.32. The third kappa shape index (κ3) is 3.42. The Morgan fingerprint density at radius 2 is 1.50 bits per heavy atom. The molecule has 30 heavy (non-hydrogen) atoms. The molecule has 4 nitrogen and oxygen atoms in total. The Balaban J connectivity index is 1.60. The third-order valence-electron chi connectivity index (χ3n) is 5.56. The Hall–Kier alpha value is -3.31. The Bertz CT molecular complexity index is 1180. The van der Waals surface area contributed by atoms with Crippen molar-refractivity contribution in [1.29, 1.82) is 0 Å². The van der Waals surface area contributed by atoms with Gasteiger partial charge in [-0.25, -0.2) is 0 Å². The normalized spacial score (nSPS) is 16.4. The molecule has 1 amide bonds. The van der Waals surface area contributed by atoms with Gasteiger partial charge in [0.15, 0.2) is 0 Å². The summed E-state index contributed by atoms with van der Waals surface area (Å²) in [6.07, 6.45) is 2.61. The van der Waals surface area contributed by atoms with Gasteiger partial charge in [0, 0.05) is 35.3 Å². The highest BCUT2D eigenvalue weighted by atomic mass is 32.2. The molecule has 4 aromatic rings. The summed E-state index contributed by atoms with van der Waals surface area (Å²) >= 11 is 0.764. The van der Waals surface area contributed by atoms with Crippen LogP contribution in [0.1, 0.15) is 22.7 Å². The second kappa shape index (κ2) is 7.84. The van der Waals surface area contributed by atoms with Crippen molar-refractivity contribution in [3.63, 3.8) is 0 Å². The van der Waals surface area contributed by atoms with Crippen molar-refractivity contribution < 1.29 is 9.59 Å². The first-order valence-electron chi connectivity index (χ1n) is 9.91. The molecule has 0 bridgehead atoms. The van der Waals surface area contributed by atoms with Gasteiger partial charge in [0.05, 0.1) is 6.04 Å². The minimum absolute atomic E-state index is 0.0449. The van der Waals surface area contributed by atoms with E-state index in [1.165, 1.54) is 11.1 Å². The van der Waals surface area contributed by atoms with Gasteiger partial charge < -0.3 is 9.88 Å². The fourth-order valence-electron chi connectivity index (χ4n) is 4.19. The predicted octanol–water partition coefficient (Wildman–Crippen LogP) is 5.17. The largest absolute Gasteiger partial charge is 0.336 e. The third-order valence-corrected chi connectivity index (χ3v) is 6.35. The van der Waals surface area contributed by atoms with E-state index < -0.39 is 6.04 Å². The van der Waals surface area contributed by atoms with Gasteiger partial charge in [0.25, 0.3) is 5.24 Å². The molecule has 1 saturated heterocycles. The molecule has 1 unspecified atom stereocenters.